The SMILES string of the molecule is CC[C@@H](C(=O)Nc1cc(OC)c(OC)cc1C(=O)OC)N(c1ccc(C)cc1)S(C)(=O)=O. The quantitative estimate of drug-likeness (QED) is 0.568. The first kappa shape index (κ1) is 25.0. The molecule has 0 saturated heterocycles. The first-order valence-electron chi connectivity index (χ1n) is 9.78. The minimum Gasteiger partial charge on any atom is -0.493 e. The maximum Gasteiger partial charge on any atom is 0.340 e. The van der Waals surface area contributed by atoms with Crippen LogP contribution < -0.4 is 19.1 Å². The Morgan fingerprint density at radius 1 is 1.03 bits per heavy atom. The molecule has 0 aliphatic rings. The van der Waals surface area contributed by atoms with Gasteiger partial charge in [-0.1, -0.05) is 24.6 Å². The molecule has 0 aliphatic heterocycles. The van der Waals surface area contributed by atoms with Crippen molar-refractivity contribution in [2.45, 2.75) is 26.3 Å². The van der Waals surface area contributed by atoms with Crippen molar-refractivity contribution >= 4 is 33.3 Å². The van der Waals surface area contributed by atoms with Gasteiger partial charge in [0.2, 0.25) is 15.9 Å². The summed E-state index contributed by atoms with van der Waals surface area (Å²) in [7, 11) is 0.241. The molecular weight excluding hydrogens is 436 g/mol. The number of esters is 1. The number of methoxy groups -OCH3 is 3. The predicted octanol–water partition coefficient (Wildman–Crippen LogP) is 2.98. The highest BCUT2D eigenvalue weighted by atomic mass is 32.2. The molecule has 0 aliphatic carbocycles. The van der Waals surface area contributed by atoms with E-state index in [-0.39, 0.29) is 29.2 Å². The molecule has 1 N–H and O–H groups in total. The molecule has 174 valence electrons. The molecule has 0 spiro atoms. The Bertz CT molecular complexity index is 1080. The average Bonchev–Trinajstić information content (AvgIpc) is 2.76. The Labute approximate surface area is 188 Å². The minimum absolute atomic E-state index is 0.0367. The lowest BCUT2D eigenvalue weighted by Gasteiger charge is -2.30. The number of ether oxygens (including phenoxy) is 3. The fraction of sp³-hybridized carbons (Fsp3) is 0.364. The predicted molar refractivity (Wildman–Crippen MR) is 122 cm³/mol. The normalized spacial score (nSPS) is 11.9. The molecule has 0 aromatic heterocycles. The van der Waals surface area contributed by atoms with Crippen LogP contribution in [0.15, 0.2) is 36.4 Å². The van der Waals surface area contributed by atoms with Crippen LogP contribution >= 0.6 is 0 Å². The van der Waals surface area contributed by atoms with Crippen molar-refractivity contribution in [1.29, 1.82) is 0 Å². The molecular formula is C22H28N2O7S. The minimum atomic E-state index is -3.80. The van der Waals surface area contributed by atoms with Crippen LogP contribution in [0.1, 0.15) is 29.3 Å². The highest BCUT2D eigenvalue weighted by Crippen LogP contribution is 2.34. The van der Waals surface area contributed by atoms with E-state index in [9.17, 15) is 18.0 Å². The van der Waals surface area contributed by atoms with Crippen molar-refractivity contribution < 1.29 is 32.2 Å². The van der Waals surface area contributed by atoms with Crippen LogP contribution in [-0.4, -0.2) is 53.9 Å². The Morgan fingerprint density at radius 2 is 1.59 bits per heavy atom. The number of anilines is 2. The molecule has 10 heteroatoms. The second-order valence-electron chi connectivity index (χ2n) is 7.05. The van der Waals surface area contributed by atoms with Crippen molar-refractivity contribution in [3.05, 3.63) is 47.5 Å². The van der Waals surface area contributed by atoms with E-state index in [1.54, 1.807) is 31.2 Å². The molecule has 0 saturated carbocycles. The van der Waals surface area contributed by atoms with E-state index >= 15 is 0 Å². The summed E-state index contributed by atoms with van der Waals surface area (Å²) in [6, 6.07) is 8.56. The monoisotopic (exact) mass is 464 g/mol. The molecule has 2 aromatic rings. The van der Waals surface area contributed by atoms with Gasteiger partial charge in [0, 0.05) is 12.1 Å². The summed E-state index contributed by atoms with van der Waals surface area (Å²) in [6.45, 7) is 3.58. The van der Waals surface area contributed by atoms with Crippen LogP contribution in [0.5, 0.6) is 11.5 Å². The number of carbonyl (C=O) groups excluding carboxylic acids is 2. The number of amides is 1. The van der Waals surface area contributed by atoms with Crippen molar-refractivity contribution in [3.8, 4) is 11.5 Å². The van der Waals surface area contributed by atoms with Gasteiger partial charge in [-0.25, -0.2) is 13.2 Å². The molecule has 0 fully saturated rings. The zero-order valence-electron chi connectivity index (χ0n) is 19.0. The average molecular weight is 465 g/mol. The van der Waals surface area contributed by atoms with E-state index in [4.69, 9.17) is 14.2 Å². The lowest BCUT2D eigenvalue weighted by molar-refractivity contribution is -0.117. The van der Waals surface area contributed by atoms with Gasteiger partial charge in [-0.15, -0.1) is 0 Å². The van der Waals surface area contributed by atoms with Gasteiger partial charge in [-0.05, 0) is 25.5 Å². The van der Waals surface area contributed by atoms with Crippen molar-refractivity contribution in [3.63, 3.8) is 0 Å². The second-order valence-corrected chi connectivity index (χ2v) is 8.91. The molecule has 0 heterocycles. The number of nitrogens with one attached hydrogen (secondary N) is 1. The van der Waals surface area contributed by atoms with Gasteiger partial charge in [0.1, 0.15) is 6.04 Å². The van der Waals surface area contributed by atoms with Crippen LogP contribution in [0, 0.1) is 6.92 Å². The number of hydrogen-bond donors (Lipinski definition) is 1. The van der Waals surface area contributed by atoms with Crippen LogP contribution in [0.3, 0.4) is 0 Å². The maximum atomic E-state index is 13.2. The third-order valence-electron chi connectivity index (χ3n) is 4.81. The van der Waals surface area contributed by atoms with Crippen LogP contribution in [0.2, 0.25) is 0 Å². The molecule has 0 radical (unpaired) electrons. The molecule has 2 aromatic carbocycles. The Balaban J connectivity index is 2.52. The topological polar surface area (TPSA) is 111 Å². The smallest absolute Gasteiger partial charge is 0.340 e. The lowest BCUT2D eigenvalue weighted by Crippen LogP contribution is -2.47. The fourth-order valence-corrected chi connectivity index (χ4v) is 4.44. The maximum absolute atomic E-state index is 13.2. The number of nitrogens with zero attached hydrogens (tertiary/aromatic N) is 1. The zero-order chi connectivity index (χ0) is 24.1. The molecule has 32 heavy (non-hydrogen) atoms. The molecule has 0 bridgehead atoms. The first-order chi connectivity index (χ1) is 15.1. The lowest BCUT2D eigenvalue weighted by atomic mass is 10.1. The molecule has 1 atom stereocenters. The third kappa shape index (κ3) is 5.50. The number of rotatable bonds is 9. The number of carbonyl (C=O) groups is 2. The first-order valence-corrected chi connectivity index (χ1v) is 11.6. The highest BCUT2D eigenvalue weighted by molar-refractivity contribution is 7.92. The standard InChI is InChI=1S/C22H28N2O7S/c1-7-18(24(32(6,27)28)15-10-8-14(2)9-11-15)21(25)23-17-13-20(30-4)19(29-3)12-16(17)22(26)31-5/h8-13,18H,7H2,1-6H3,(H,23,25)/t18-/m0/s1. The second kappa shape index (κ2) is 10.4. The highest BCUT2D eigenvalue weighted by Gasteiger charge is 2.32. The summed E-state index contributed by atoms with van der Waals surface area (Å²) < 4.78 is 41.6. The van der Waals surface area contributed by atoms with Crippen LogP contribution in [-0.2, 0) is 19.6 Å². The van der Waals surface area contributed by atoms with Gasteiger partial charge in [0.15, 0.2) is 11.5 Å². The fourth-order valence-electron chi connectivity index (χ4n) is 3.23. The summed E-state index contributed by atoms with van der Waals surface area (Å²) in [5.74, 6) is -0.763. The summed E-state index contributed by atoms with van der Waals surface area (Å²) in [5, 5.41) is 2.66. The third-order valence-corrected chi connectivity index (χ3v) is 5.98. The van der Waals surface area contributed by atoms with Gasteiger partial charge in [-0.3, -0.25) is 9.10 Å². The Kier molecular flexibility index (Phi) is 8.09. The molecule has 1 amide bonds. The van der Waals surface area contributed by atoms with E-state index in [1.165, 1.54) is 33.5 Å². The van der Waals surface area contributed by atoms with Crippen LogP contribution in [0.4, 0.5) is 11.4 Å². The van der Waals surface area contributed by atoms with Gasteiger partial charge in [-0.2, -0.15) is 0 Å². The molecule has 9 nitrogen and oxygen atoms in total. The van der Waals surface area contributed by atoms with E-state index in [1.807, 2.05) is 6.92 Å². The molecule has 0 unspecified atom stereocenters. The Hall–Kier alpha value is -3.27. The molecule has 2 rings (SSSR count). The Morgan fingerprint density at radius 3 is 2.06 bits per heavy atom. The number of benzene rings is 2. The summed E-state index contributed by atoms with van der Waals surface area (Å²) in [5.41, 5.74) is 1.46. The van der Waals surface area contributed by atoms with E-state index in [0.29, 0.717) is 5.69 Å². The number of sulfonamides is 1. The summed E-state index contributed by atoms with van der Waals surface area (Å²) in [4.78, 5) is 25.5. The van der Waals surface area contributed by atoms with E-state index in [2.05, 4.69) is 5.32 Å². The summed E-state index contributed by atoms with van der Waals surface area (Å²) >= 11 is 0. The van der Waals surface area contributed by atoms with Crippen molar-refractivity contribution in [2.24, 2.45) is 0 Å². The van der Waals surface area contributed by atoms with Gasteiger partial charge in [0.25, 0.3) is 0 Å². The zero-order valence-corrected chi connectivity index (χ0v) is 19.8. The van der Waals surface area contributed by atoms with E-state index in [0.717, 1.165) is 16.1 Å². The van der Waals surface area contributed by atoms with E-state index < -0.39 is 27.9 Å². The van der Waals surface area contributed by atoms with Gasteiger partial charge in [0.05, 0.1) is 44.5 Å². The number of hydrogen-bond acceptors (Lipinski definition) is 7. The number of aryl methyl sites for hydroxylation is 1. The van der Waals surface area contributed by atoms with Crippen LogP contribution in [0.25, 0.3) is 0 Å². The summed E-state index contributed by atoms with van der Waals surface area (Å²) in [6.07, 6.45) is 1.23. The van der Waals surface area contributed by atoms with Crippen molar-refractivity contribution in [1.82, 2.24) is 0 Å². The van der Waals surface area contributed by atoms with Gasteiger partial charge >= 0.3 is 5.97 Å². The van der Waals surface area contributed by atoms with Crippen molar-refractivity contribution in [2.75, 3.05) is 37.2 Å². The van der Waals surface area contributed by atoms with Gasteiger partial charge < -0.3 is 19.5 Å². The largest absolute Gasteiger partial charge is 0.493 e.